The minimum atomic E-state index is -0.510. The van der Waals surface area contributed by atoms with E-state index in [4.69, 9.17) is 11.5 Å². The van der Waals surface area contributed by atoms with Gasteiger partial charge in [-0.2, -0.15) is 0 Å². The van der Waals surface area contributed by atoms with Gasteiger partial charge in [-0.25, -0.2) is 4.98 Å². The molecule has 0 aliphatic rings. The van der Waals surface area contributed by atoms with E-state index in [2.05, 4.69) is 9.97 Å². The molecule has 0 aliphatic carbocycles. The van der Waals surface area contributed by atoms with Crippen molar-refractivity contribution >= 4 is 23.4 Å². The van der Waals surface area contributed by atoms with Crippen LogP contribution in [-0.2, 0) is 0 Å². The number of carbonyl (C=O) groups excluding carboxylic acids is 1. The minimum absolute atomic E-state index is 0.389. The van der Waals surface area contributed by atoms with Gasteiger partial charge in [0.05, 0.1) is 11.8 Å². The van der Waals surface area contributed by atoms with Crippen LogP contribution < -0.4 is 11.5 Å². The van der Waals surface area contributed by atoms with Crippen LogP contribution in [-0.4, -0.2) is 15.9 Å². The fraction of sp³-hybridized carbons (Fsp3) is 0. The van der Waals surface area contributed by atoms with Gasteiger partial charge in [0.2, 0.25) is 5.91 Å². The highest BCUT2D eigenvalue weighted by Crippen LogP contribution is 2.29. The van der Waals surface area contributed by atoms with Gasteiger partial charge in [0.25, 0.3) is 0 Å². The van der Waals surface area contributed by atoms with Gasteiger partial charge >= 0.3 is 0 Å². The van der Waals surface area contributed by atoms with Crippen LogP contribution >= 0.6 is 11.8 Å². The molecule has 0 bridgehead atoms. The van der Waals surface area contributed by atoms with Gasteiger partial charge in [0.1, 0.15) is 5.03 Å². The lowest BCUT2D eigenvalue weighted by molar-refractivity contribution is 0.0997. The summed E-state index contributed by atoms with van der Waals surface area (Å²) in [6, 6.07) is 5.01. The molecule has 2 aromatic rings. The first-order valence-electron chi connectivity index (χ1n) is 4.80. The zero-order valence-electron chi connectivity index (χ0n) is 8.83. The molecule has 1 aromatic carbocycles. The van der Waals surface area contributed by atoms with Gasteiger partial charge in [-0.3, -0.25) is 9.78 Å². The molecule has 1 aromatic heterocycles. The minimum Gasteiger partial charge on any atom is -0.399 e. The SMILES string of the molecule is NC(=O)c1cc(N)ccc1Sc1cnccn1. The maximum atomic E-state index is 11.3. The number of benzene rings is 1. The fourth-order valence-electron chi connectivity index (χ4n) is 1.28. The fourth-order valence-corrected chi connectivity index (χ4v) is 2.14. The first kappa shape index (κ1) is 11.4. The van der Waals surface area contributed by atoms with E-state index >= 15 is 0 Å². The Hall–Kier alpha value is -2.08. The lowest BCUT2D eigenvalue weighted by atomic mass is 10.2. The van der Waals surface area contributed by atoms with Crippen LogP contribution in [0.3, 0.4) is 0 Å². The number of rotatable bonds is 3. The Morgan fingerprint density at radius 2 is 2.12 bits per heavy atom. The Kier molecular flexibility index (Phi) is 3.24. The van der Waals surface area contributed by atoms with Crippen molar-refractivity contribution in [2.75, 3.05) is 5.73 Å². The second kappa shape index (κ2) is 4.84. The number of nitrogens with two attached hydrogens (primary N) is 2. The van der Waals surface area contributed by atoms with Crippen molar-refractivity contribution in [3.05, 3.63) is 42.4 Å². The molecule has 1 heterocycles. The van der Waals surface area contributed by atoms with Gasteiger partial charge < -0.3 is 11.5 Å². The van der Waals surface area contributed by atoms with E-state index in [-0.39, 0.29) is 0 Å². The highest BCUT2D eigenvalue weighted by Gasteiger charge is 2.10. The number of nitrogen functional groups attached to an aromatic ring is 1. The Morgan fingerprint density at radius 3 is 2.76 bits per heavy atom. The van der Waals surface area contributed by atoms with Crippen molar-refractivity contribution in [1.82, 2.24) is 9.97 Å². The summed E-state index contributed by atoms with van der Waals surface area (Å²) in [6.45, 7) is 0. The second-order valence-electron chi connectivity index (χ2n) is 3.27. The predicted molar refractivity (Wildman–Crippen MR) is 65.5 cm³/mol. The van der Waals surface area contributed by atoms with E-state index in [1.54, 1.807) is 36.8 Å². The summed E-state index contributed by atoms with van der Waals surface area (Å²) < 4.78 is 0. The molecule has 4 N–H and O–H groups in total. The zero-order chi connectivity index (χ0) is 12.3. The number of primary amides is 1. The molecule has 86 valence electrons. The maximum absolute atomic E-state index is 11.3. The molecule has 5 nitrogen and oxygen atoms in total. The van der Waals surface area contributed by atoms with Gasteiger partial charge in [0, 0.05) is 23.0 Å². The number of hydrogen-bond donors (Lipinski definition) is 2. The molecule has 0 saturated heterocycles. The van der Waals surface area contributed by atoms with Gasteiger partial charge in [-0.15, -0.1) is 0 Å². The van der Waals surface area contributed by atoms with Crippen LogP contribution in [0, 0.1) is 0 Å². The molecule has 0 fully saturated rings. The molecule has 2 rings (SSSR count). The van der Waals surface area contributed by atoms with E-state index in [1.165, 1.54) is 11.8 Å². The van der Waals surface area contributed by atoms with Crippen LogP contribution in [0.25, 0.3) is 0 Å². The lowest BCUT2D eigenvalue weighted by Crippen LogP contribution is -2.12. The number of hydrogen-bond acceptors (Lipinski definition) is 5. The van der Waals surface area contributed by atoms with Gasteiger partial charge in [0.15, 0.2) is 0 Å². The van der Waals surface area contributed by atoms with Gasteiger partial charge in [-0.05, 0) is 18.2 Å². The lowest BCUT2D eigenvalue weighted by Gasteiger charge is -2.06. The molecule has 0 saturated carbocycles. The largest absolute Gasteiger partial charge is 0.399 e. The monoisotopic (exact) mass is 246 g/mol. The molecular weight excluding hydrogens is 236 g/mol. The summed E-state index contributed by atoms with van der Waals surface area (Å²) in [5.41, 5.74) is 11.8. The average Bonchev–Trinajstić information content (AvgIpc) is 2.32. The molecule has 0 radical (unpaired) electrons. The smallest absolute Gasteiger partial charge is 0.249 e. The number of amides is 1. The van der Waals surface area contributed by atoms with E-state index in [0.717, 1.165) is 0 Å². The zero-order valence-corrected chi connectivity index (χ0v) is 9.65. The standard InChI is InChI=1S/C11H10N4OS/c12-7-1-2-9(8(5-7)11(13)16)17-10-6-14-3-4-15-10/h1-6H,12H2,(H2,13,16). The first-order chi connectivity index (χ1) is 8.16. The summed E-state index contributed by atoms with van der Waals surface area (Å²) in [6.07, 6.45) is 4.79. The van der Waals surface area contributed by atoms with Crippen LogP contribution in [0.15, 0.2) is 46.7 Å². The molecule has 0 unspecified atom stereocenters. The van der Waals surface area contributed by atoms with Crippen LogP contribution in [0.5, 0.6) is 0 Å². The van der Waals surface area contributed by atoms with Crippen LogP contribution in [0.1, 0.15) is 10.4 Å². The molecule has 6 heteroatoms. The van der Waals surface area contributed by atoms with Crippen molar-refractivity contribution in [3.8, 4) is 0 Å². The van der Waals surface area contributed by atoms with Crippen molar-refractivity contribution in [1.29, 1.82) is 0 Å². The van der Waals surface area contributed by atoms with Crippen molar-refractivity contribution in [2.24, 2.45) is 5.73 Å². The van der Waals surface area contributed by atoms with Crippen molar-refractivity contribution in [3.63, 3.8) is 0 Å². The Morgan fingerprint density at radius 1 is 1.29 bits per heavy atom. The molecule has 0 spiro atoms. The summed E-state index contributed by atoms with van der Waals surface area (Å²) >= 11 is 1.32. The van der Waals surface area contributed by atoms with E-state index in [1.807, 2.05) is 0 Å². The highest BCUT2D eigenvalue weighted by molar-refractivity contribution is 7.99. The third kappa shape index (κ3) is 2.73. The number of nitrogens with zero attached hydrogens (tertiary/aromatic N) is 2. The molecule has 0 aliphatic heterocycles. The van der Waals surface area contributed by atoms with Crippen LogP contribution in [0.2, 0.25) is 0 Å². The molecule has 17 heavy (non-hydrogen) atoms. The Labute approximate surface area is 102 Å². The van der Waals surface area contributed by atoms with E-state index in [9.17, 15) is 4.79 Å². The third-order valence-corrected chi connectivity index (χ3v) is 3.02. The quantitative estimate of drug-likeness (QED) is 0.796. The van der Waals surface area contributed by atoms with Crippen molar-refractivity contribution in [2.45, 2.75) is 9.92 Å². The Balaban J connectivity index is 2.36. The predicted octanol–water partition coefficient (Wildman–Crippen LogP) is 1.31. The number of anilines is 1. The Bertz CT molecular complexity index is 544. The topological polar surface area (TPSA) is 94.9 Å². The number of aromatic nitrogens is 2. The summed E-state index contributed by atoms with van der Waals surface area (Å²) in [5.74, 6) is -0.510. The number of carbonyl (C=O) groups is 1. The molecule has 0 atom stereocenters. The van der Waals surface area contributed by atoms with Crippen molar-refractivity contribution < 1.29 is 4.79 Å². The maximum Gasteiger partial charge on any atom is 0.249 e. The van der Waals surface area contributed by atoms with E-state index in [0.29, 0.717) is 21.2 Å². The molecular formula is C11H10N4OS. The second-order valence-corrected chi connectivity index (χ2v) is 4.33. The highest BCUT2D eigenvalue weighted by atomic mass is 32.2. The summed E-state index contributed by atoms with van der Waals surface area (Å²) in [5, 5.41) is 0.694. The third-order valence-electron chi connectivity index (χ3n) is 2.02. The first-order valence-corrected chi connectivity index (χ1v) is 5.61. The van der Waals surface area contributed by atoms with Gasteiger partial charge in [-0.1, -0.05) is 11.8 Å². The average molecular weight is 246 g/mol. The van der Waals surface area contributed by atoms with E-state index < -0.39 is 5.91 Å². The summed E-state index contributed by atoms with van der Waals surface area (Å²) in [4.78, 5) is 20.1. The van der Waals surface area contributed by atoms with Crippen LogP contribution in [0.4, 0.5) is 5.69 Å². The molecule has 1 amide bonds. The summed E-state index contributed by atoms with van der Waals surface area (Å²) in [7, 11) is 0. The normalized spacial score (nSPS) is 10.1.